The molecule has 0 saturated heterocycles. The second kappa shape index (κ2) is 7.44. The van der Waals surface area contributed by atoms with Crippen molar-refractivity contribution in [2.45, 2.75) is 0 Å². The van der Waals surface area contributed by atoms with Crippen LogP contribution >= 0.6 is 0 Å². The maximum absolute atomic E-state index is 13.7. The molecule has 28 heavy (non-hydrogen) atoms. The van der Waals surface area contributed by atoms with Gasteiger partial charge in [-0.15, -0.1) is 0 Å². The second-order valence-electron chi connectivity index (χ2n) is 6.09. The number of halogens is 1. The first-order valence-electron chi connectivity index (χ1n) is 8.53. The smallest absolute Gasteiger partial charge is 0.338 e. The van der Waals surface area contributed by atoms with Crippen LogP contribution in [0.5, 0.6) is 0 Å². The Bertz CT molecular complexity index is 1170. The van der Waals surface area contributed by atoms with Gasteiger partial charge in [-0.3, -0.25) is 4.79 Å². The zero-order valence-electron chi connectivity index (χ0n) is 14.6. The van der Waals surface area contributed by atoms with Gasteiger partial charge < -0.3 is 9.26 Å². The van der Waals surface area contributed by atoms with E-state index in [0.717, 1.165) is 5.56 Å². The number of fused-ring (bicyclic) bond motifs is 1. The number of ketones is 1. The summed E-state index contributed by atoms with van der Waals surface area (Å²) in [5, 5.41) is 4.65. The Kier molecular flexibility index (Phi) is 4.68. The van der Waals surface area contributed by atoms with Crippen molar-refractivity contribution in [1.82, 2.24) is 5.16 Å². The molecule has 0 aliphatic carbocycles. The third-order valence-corrected chi connectivity index (χ3v) is 4.26. The van der Waals surface area contributed by atoms with E-state index in [1.165, 1.54) is 24.3 Å². The average molecular weight is 375 g/mol. The number of rotatable bonds is 5. The van der Waals surface area contributed by atoms with Crippen LogP contribution in [0.3, 0.4) is 0 Å². The number of hydrogen-bond donors (Lipinski definition) is 0. The van der Waals surface area contributed by atoms with Gasteiger partial charge >= 0.3 is 5.97 Å². The Morgan fingerprint density at radius 1 is 0.964 bits per heavy atom. The maximum atomic E-state index is 13.7. The van der Waals surface area contributed by atoms with E-state index in [2.05, 4.69) is 5.16 Å². The van der Waals surface area contributed by atoms with Gasteiger partial charge in [0, 0.05) is 5.56 Å². The monoisotopic (exact) mass is 375 g/mol. The highest BCUT2D eigenvalue weighted by Crippen LogP contribution is 2.29. The van der Waals surface area contributed by atoms with Crippen molar-refractivity contribution < 1.29 is 23.2 Å². The Morgan fingerprint density at radius 3 is 2.50 bits per heavy atom. The molecule has 5 nitrogen and oxygen atoms in total. The van der Waals surface area contributed by atoms with Crippen LogP contribution in [0.15, 0.2) is 77.3 Å². The van der Waals surface area contributed by atoms with E-state index in [1.54, 1.807) is 18.2 Å². The van der Waals surface area contributed by atoms with Crippen LogP contribution < -0.4 is 0 Å². The van der Waals surface area contributed by atoms with Crippen LogP contribution in [0, 0.1) is 5.82 Å². The average Bonchev–Trinajstić information content (AvgIpc) is 3.16. The summed E-state index contributed by atoms with van der Waals surface area (Å²) in [5.41, 5.74) is 1.55. The summed E-state index contributed by atoms with van der Waals surface area (Å²) in [6, 6.07) is 19.7. The minimum atomic E-state index is -0.688. The topological polar surface area (TPSA) is 69.4 Å². The number of Topliss-reactive ketones (excluding diaryl/α,β-unsaturated/α-hetero) is 1. The third kappa shape index (κ3) is 3.40. The summed E-state index contributed by atoms with van der Waals surface area (Å²) in [4.78, 5) is 24.4. The lowest BCUT2D eigenvalue weighted by Gasteiger charge is -2.05. The predicted molar refractivity (Wildman–Crippen MR) is 100 cm³/mol. The number of carbonyl (C=O) groups is 2. The molecule has 4 rings (SSSR count). The number of aromatic nitrogens is 1. The van der Waals surface area contributed by atoms with Crippen molar-refractivity contribution in [1.29, 1.82) is 0 Å². The molecule has 0 aliphatic rings. The highest BCUT2D eigenvalue weighted by atomic mass is 19.1. The summed E-state index contributed by atoms with van der Waals surface area (Å²) in [7, 11) is 0. The molecule has 4 aromatic rings. The first-order valence-corrected chi connectivity index (χ1v) is 8.53. The number of hydrogen-bond acceptors (Lipinski definition) is 5. The van der Waals surface area contributed by atoms with Crippen LogP contribution in [0.4, 0.5) is 4.39 Å². The van der Waals surface area contributed by atoms with Gasteiger partial charge in [-0.2, -0.15) is 0 Å². The molecule has 0 fully saturated rings. The fourth-order valence-corrected chi connectivity index (χ4v) is 2.85. The van der Waals surface area contributed by atoms with Crippen molar-refractivity contribution in [2.75, 3.05) is 6.61 Å². The first-order chi connectivity index (χ1) is 13.6. The molecule has 0 aliphatic heterocycles. The van der Waals surface area contributed by atoms with Crippen molar-refractivity contribution in [3.8, 4) is 11.3 Å². The predicted octanol–water partition coefficient (Wildman–Crippen LogP) is 4.67. The summed E-state index contributed by atoms with van der Waals surface area (Å²) in [6.45, 7) is -0.549. The normalized spacial score (nSPS) is 10.8. The van der Waals surface area contributed by atoms with Crippen molar-refractivity contribution in [3.63, 3.8) is 0 Å². The molecule has 0 saturated carbocycles. The number of carbonyl (C=O) groups excluding carboxylic acids is 2. The van der Waals surface area contributed by atoms with Gasteiger partial charge in [0.2, 0.25) is 5.78 Å². The van der Waals surface area contributed by atoms with Crippen molar-refractivity contribution in [3.05, 3.63) is 89.7 Å². The molecule has 0 bridgehead atoms. The summed E-state index contributed by atoms with van der Waals surface area (Å²) < 4.78 is 24.1. The molecule has 1 aromatic heterocycles. The van der Waals surface area contributed by atoms with E-state index < -0.39 is 24.2 Å². The zero-order valence-corrected chi connectivity index (χ0v) is 14.6. The molecule has 0 radical (unpaired) electrons. The fraction of sp³-hybridized carbons (Fsp3) is 0.0455. The zero-order chi connectivity index (χ0) is 19.5. The Hall–Kier alpha value is -3.80. The highest BCUT2D eigenvalue weighted by molar-refractivity contribution is 6.01. The van der Waals surface area contributed by atoms with Gasteiger partial charge in [0.05, 0.1) is 16.5 Å². The van der Waals surface area contributed by atoms with Gasteiger partial charge in [-0.05, 0) is 30.3 Å². The van der Waals surface area contributed by atoms with Crippen LogP contribution in [-0.4, -0.2) is 23.5 Å². The van der Waals surface area contributed by atoms with Gasteiger partial charge in [-0.1, -0.05) is 47.6 Å². The summed E-state index contributed by atoms with van der Waals surface area (Å²) in [6.07, 6.45) is 0. The van der Waals surface area contributed by atoms with Crippen LogP contribution in [0.25, 0.3) is 22.2 Å². The van der Waals surface area contributed by atoms with E-state index in [1.807, 2.05) is 30.3 Å². The molecule has 0 atom stereocenters. The molecule has 138 valence electrons. The Labute approximate surface area is 159 Å². The van der Waals surface area contributed by atoms with E-state index in [9.17, 15) is 14.0 Å². The van der Waals surface area contributed by atoms with Gasteiger partial charge in [0.25, 0.3) is 0 Å². The SMILES string of the molecule is O=C(OCC(=O)c1ccccc1F)c1ccc2noc(-c3ccccc3)c2c1. The van der Waals surface area contributed by atoms with Gasteiger partial charge in [-0.25, -0.2) is 9.18 Å². The van der Waals surface area contributed by atoms with Crippen molar-refractivity contribution >= 4 is 22.7 Å². The fourth-order valence-electron chi connectivity index (χ4n) is 2.85. The van der Waals surface area contributed by atoms with Crippen LogP contribution in [-0.2, 0) is 4.74 Å². The molecule has 0 N–H and O–H groups in total. The Morgan fingerprint density at radius 2 is 1.71 bits per heavy atom. The van der Waals surface area contributed by atoms with Crippen LogP contribution in [0.2, 0.25) is 0 Å². The third-order valence-electron chi connectivity index (χ3n) is 4.26. The molecule has 0 amide bonds. The van der Waals surface area contributed by atoms with E-state index in [0.29, 0.717) is 16.7 Å². The summed E-state index contributed by atoms with van der Waals surface area (Å²) >= 11 is 0. The van der Waals surface area contributed by atoms with Crippen molar-refractivity contribution in [2.24, 2.45) is 0 Å². The molecule has 1 heterocycles. The molecule has 6 heteroatoms. The second-order valence-corrected chi connectivity index (χ2v) is 6.09. The molecule has 3 aromatic carbocycles. The molecular weight excluding hydrogens is 361 g/mol. The van der Waals surface area contributed by atoms with E-state index >= 15 is 0 Å². The lowest BCUT2D eigenvalue weighted by atomic mass is 10.1. The Balaban J connectivity index is 1.55. The molecule has 0 spiro atoms. The number of benzene rings is 3. The van der Waals surface area contributed by atoms with Gasteiger partial charge in [0.1, 0.15) is 11.3 Å². The standard InChI is InChI=1S/C22H14FNO4/c23-18-9-5-4-8-16(18)20(25)13-27-22(26)15-10-11-19-17(12-15)21(28-24-19)14-6-2-1-3-7-14/h1-12H,13H2. The van der Waals surface area contributed by atoms with Gasteiger partial charge in [0.15, 0.2) is 12.4 Å². The molecular formula is C22H14FNO4. The first kappa shape index (κ1) is 17.6. The lowest BCUT2D eigenvalue weighted by molar-refractivity contribution is 0.0473. The minimum absolute atomic E-state index is 0.115. The summed E-state index contributed by atoms with van der Waals surface area (Å²) in [5.74, 6) is -1.41. The van der Waals surface area contributed by atoms with E-state index in [-0.39, 0.29) is 11.1 Å². The number of nitrogens with zero attached hydrogens (tertiary/aromatic N) is 1. The number of esters is 1. The number of ether oxygens (including phenoxy) is 1. The largest absolute Gasteiger partial charge is 0.454 e. The minimum Gasteiger partial charge on any atom is -0.454 e. The van der Waals surface area contributed by atoms with Crippen LogP contribution in [0.1, 0.15) is 20.7 Å². The molecule has 0 unspecified atom stereocenters. The lowest BCUT2D eigenvalue weighted by Crippen LogP contribution is -2.15. The van der Waals surface area contributed by atoms with E-state index in [4.69, 9.17) is 9.26 Å². The maximum Gasteiger partial charge on any atom is 0.338 e. The quantitative estimate of drug-likeness (QED) is 0.374. The highest BCUT2D eigenvalue weighted by Gasteiger charge is 2.17.